The second kappa shape index (κ2) is 53.0. The number of aromatic nitrogens is 2. The van der Waals surface area contributed by atoms with E-state index in [1.165, 1.54) is 12.1 Å². The van der Waals surface area contributed by atoms with Gasteiger partial charge < -0.3 is 104 Å². The molecule has 6 aromatic rings. The number of unbranched alkanes of at least 4 members (excludes halogenated alkanes) is 3. The summed E-state index contributed by atoms with van der Waals surface area (Å²) in [6.07, 6.45) is 0.183. The van der Waals surface area contributed by atoms with Gasteiger partial charge in [0, 0.05) is 142 Å². The number of amides is 11. The smallest absolute Gasteiger partial charge is 0.407 e. The van der Waals surface area contributed by atoms with E-state index in [-0.39, 0.29) is 111 Å². The fraction of sp³-hybridized carbons (Fsp3) is 0.500. The molecule has 0 unspecified atom stereocenters. The Morgan fingerprint density at radius 3 is 0.874 bits per heavy atom. The second-order valence-corrected chi connectivity index (χ2v) is 42.0. The van der Waals surface area contributed by atoms with E-state index in [0.29, 0.717) is 115 Å². The summed E-state index contributed by atoms with van der Waals surface area (Å²) in [5.41, 5.74) is 1.59. The van der Waals surface area contributed by atoms with Crippen LogP contribution in [0.1, 0.15) is 182 Å². The van der Waals surface area contributed by atoms with E-state index in [4.69, 9.17) is 23.6 Å². The van der Waals surface area contributed by atoms with Crippen LogP contribution < -0.4 is 85.1 Å². The number of nitrogens with zero attached hydrogens (tertiary/aromatic N) is 3. The number of alkyl carbamates (subject to hydrolysis) is 4. The van der Waals surface area contributed by atoms with Crippen LogP contribution in [0.15, 0.2) is 65.3 Å². The van der Waals surface area contributed by atoms with Crippen molar-refractivity contribution >= 4 is 292 Å². The van der Waals surface area contributed by atoms with Crippen LogP contribution in [0.2, 0.25) is 0 Å². The summed E-state index contributed by atoms with van der Waals surface area (Å²) in [5.74, 6) is -3.50. The Hall–Kier alpha value is -6.89. The number of halogens is 8. The van der Waals surface area contributed by atoms with Crippen LogP contribution in [0, 0.1) is 38.7 Å². The Morgan fingerprint density at radius 1 is 0.339 bits per heavy atom. The maximum Gasteiger partial charge on any atom is 0.407 e. The number of anilines is 5. The summed E-state index contributed by atoms with van der Waals surface area (Å²) in [7, 11) is 0. The topological polar surface area (TPSA) is 499 Å². The largest absolute Gasteiger partial charge is 0.444 e. The molecular formula is C82H109I8N19O18. The maximum absolute atomic E-state index is 14.5. The molecule has 0 saturated heterocycles. The highest BCUT2D eigenvalue weighted by molar-refractivity contribution is 14.1. The molecule has 0 aliphatic heterocycles. The van der Waals surface area contributed by atoms with Crippen LogP contribution in [0.5, 0.6) is 0 Å². The molecule has 0 radical (unpaired) electrons. The number of hydrogen-bond acceptors (Lipinski definition) is 25. The molecule has 0 saturated carbocycles. The van der Waals surface area contributed by atoms with E-state index in [1.54, 1.807) is 132 Å². The molecule has 0 spiro atoms. The highest BCUT2D eigenvalue weighted by Crippen LogP contribution is 2.33. The van der Waals surface area contributed by atoms with Crippen LogP contribution in [0.25, 0.3) is 11.0 Å². The normalized spacial score (nSPS) is 12.2. The number of carbonyl (C=O) groups is 11. The molecule has 1 aromatic heterocycles. The van der Waals surface area contributed by atoms with Crippen molar-refractivity contribution in [3.8, 4) is 0 Å². The summed E-state index contributed by atoms with van der Waals surface area (Å²) < 4.78 is 31.9. The number of nitro benzene ring substituents is 1. The monoisotopic (exact) mass is 2660 g/mol. The van der Waals surface area contributed by atoms with Crippen molar-refractivity contribution in [2.45, 2.75) is 181 Å². The van der Waals surface area contributed by atoms with Crippen LogP contribution in [-0.4, -0.2) is 207 Å². The van der Waals surface area contributed by atoms with Crippen molar-refractivity contribution in [2.24, 2.45) is 0 Å². The molecule has 0 aliphatic rings. The molecule has 16 N–H and O–H groups in total. The Kier molecular flexibility index (Phi) is 45.4. The predicted octanol–water partition coefficient (Wildman–Crippen LogP) is 13.8. The summed E-state index contributed by atoms with van der Waals surface area (Å²) in [6, 6.07) is 13.0. The van der Waals surface area contributed by atoms with Crippen molar-refractivity contribution in [2.75, 3.05) is 112 Å². The fourth-order valence-electron chi connectivity index (χ4n) is 11.7. The number of hydrogen-bond donors (Lipinski definition) is 16. The Labute approximate surface area is 846 Å². The van der Waals surface area contributed by atoms with Gasteiger partial charge in [-0.15, -0.1) is 0 Å². The summed E-state index contributed by atoms with van der Waals surface area (Å²) in [4.78, 5) is 160. The molecule has 0 fully saturated rings. The minimum atomic E-state index is -1.12. The summed E-state index contributed by atoms with van der Waals surface area (Å²) in [6.45, 7) is 24.2. The first kappa shape index (κ1) is 109. The average molecular weight is 2660 g/mol. The van der Waals surface area contributed by atoms with Gasteiger partial charge in [-0.1, -0.05) is 0 Å². The summed E-state index contributed by atoms with van der Waals surface area (Å²) >= 11 is 16.9. The van der Waals surface area contributed by atoms with Crippen molar-refractivity contribution < 1.29 is 81.2 Å². The zero-order valence-corrected chi connectivity index (χ0v) is 89.5. The van der Waals surface area contributed by atoms with Crippen molar-refractivity contribution in [1.29, 1.82) is 0 Å². The molecule has 127 heavy (non-hydrogen) atoms. The molecule has 6 rings (SSSR count). The molecule has 696 valence electrons. The lowest BCUT2D eigenvalue weighted by molar-refractivity contribution is -0.383. The van der Waals surface area contributed by atoms with Crippen LogP contribution in [0.4, 0.5) is 53.3 Å². The predicted molar refractivity (Wildman–Crippen MR) is 552 cm³/mol. The van der Waals surface area contributed by atoms with Gasteiger partial charge in [0.25, 0.3) is 23.6 Å². The van der Waals surface area contributed by atoms with Crippen molar-refractivity contribution in [1.82, 2.24) is 68.8 Å². The molecular weight excluding hydrogens is 2550 g/mol. The molecule has 11 amide bonds. The third kappa shape index (κ3) is 39.6. The maximum atomic E-state index is 14.5. The van der Waals surface area contributed by atoms with Gasteiger partial charge in [-0.25, -0.2) is 23.8 Å². The number of fused-ring (bicyclic) bond motifs is 1. The van der Waals surface area contributed by atoms with E-state index in [1.807, 2.05) is 0 Å². The van der Waals surface area contributed by atoms with Crippen LogP contribution >= 0.6 is 181 Å². The first-order valence-corrected chi connectivity index (χ1v) is 49.3. The molecule has 0 bridgehead atoms. The lowest BCUT2D eigenvalue weighted by atomic mass is 10.1. The van der Waals surface area contributed by atoms with Crippen molar-refractivity contribution in [3.05, 3.63) is 122 Å². The second-order valence-electron chi connectivity index (χ2n) is 32.7. The van der Waals surface area contributed by atoms with Gasteiger partial charge in [-0.2, -0.15) is 0 Å². The van der Waals surface area contributed by atoms with Gasteiger partial charge in [0.05, 0.1) is 33.4 Å². The molecule has 5 aromatic carbocycles. The number of nitrogens with one attached hydrogen (secondary N) is 16. The zero-order valence-electron chi connectivity index (χ0n) is 72.3. The van der Waals surface area contributed by atoms with E-state index >= 15 is 0 Å². The standard InChI is InChI=1S/C82H109I8N19O18/c1-79(2,3)123-75(117)100-33-28-92-62-49(83)37-45(38-50(62)84)68(110)96-24-16-13-19-58(104-69(111)46-39-51(85)63(52(86)40-46)93-29-34-101-76(118)124-80(4,5)6)72(114)97-25-17-14-20-59(105-70(112)47-41-53(87)64(54(88)42-47)94-30-35-102-77(119)125-81(7,8)9)73(115)98-26-18-15-21-60(74(116)99-32-27-91-57-22-23-61(109(121)122)67-66(57)107-127-108-67)106-71(113)48-43-55(89)65(56(90)44-48)95-31-36-103-78(120)126-82(10,11)12/h22-23,37-44,58-60,91-95H,13-21,24-36H2,1-12H3,(H,96,110)(H,97,114)(H,98,115)(H,99,116)(H,100,117)(H,101,118)(H,102,119)(H,103,120)(H,104,111)(H,105,112)(H,106,113)/t58-,59-,60-/m0/s1. The Morgan fingerprint density at radius 2 is 0.591 bits per heavy atom. The molecule has 0 aliphatic carbocycles. The molecule has 1 heterocycles. The lowest BCUT2D eigenvalue weighted by Crippen LogP contribution is -2.48. The van der Waals surface area contributed by atoms with Gasteiger partial charge in [0.1, 0.15) is 40.5 Å². The third-order valence-corrected chi connectivity index (χ3v) is 24.2. The number of non-ortho nitro benzene ring substituents is 1. The van der Waals surface area contributed by atoms with E-state index in [0.717, 1.165) is 18.5 Å². The minimum absolute atomic E-state index is 0.0232. The van der Waals surface area contributed by atoms with Gasteiger partial charge >= 0.3 is 30.1 Å². The first-order chi connectivity index (χ1) is 59.7. The number of ether oxygens (including phenoxy) is 4. The van der Waals surface area contributed by atoms with E-state index < -0.39 is 105 Å². The quantitative estimate of drug-likeness (QED) is 0.00555. The highest BCUT2D eigenvalue weighted by Gasteiger charge is 2.30. The van der Waals surface area contributed by atoms with Crippen LogP contribution in [0.3, 0.4) is 0 Å². The van der Waals surface area contributed by atoms with Gasteiger partial charge in [0.15, 0.2) is 5.52 Å². The van der Waals surface area contributed by atoms with E-state index in [2.05, 4.69) is 276 Å². The van der Waals surface area contributed by atoms with Gasteiger partial charge in [0.2, 0.25) is 23.2 Å². The molecule has 3 atom stereocenters. The van der Waals surface area contributed by atoms with Gasteiger partial charge in [-0.3, -0.25) is 43.7 Å². The fourth-order valence-corrected chi connectivity index (χ4v) is 20.3. The van der Waals surface area contributed by atoms with Crippen LogP contribution in [-0.2, 0) is 33.3 Å². The van der Waals surface area contributed by atoms with E-state index in [9.17, 15) is 62.9 Å². The minimum Gasteiger partial charge on any atom is -0.444 e. The molecule has 45 heteroatoms. The van der Waals surface area contributed by atoms with Crippen molar-refractivity contribution in [3.63, 3.8) is 0 Å². The number of carbonyl (C=O) groups excluding carboxylic acids is 11. The van der Waals surface area contributed by atoms with Gasteiger partial charge in [-0.05, 0) is 387 Å². The third-order valence-electron chi connectivity index (χ3n) is 17.4. The summed E-state index contributed by atoms with van der Waals surface area (Å²) in [5, 5.41) is 66.9. The Bertz CT molecular complexity index is 4780. The number of nitro groups is 1. The number of rotatable bonds is 46. The molecule has 37 nitrogen and oxygen atoms in total. The first-order valence-electron chi connectivity index (χ1n) is 40.6. The lowest BCUT2D eigenvalue weighted by Gasteiger charge is -2.21. The zero-order chi connectivity index (χ0) is 94.1. The Balaban J connectivity index is 1.16. The SMILES string of the molecule is CC(C)(C)OC(=O)NCCNc1c(I)cc(C(=O)NCCCC[C@H](NC(=O)c2cc(I)c(NCCNC(=O)OC(C)(C)C)c(I)c2)C(=O)NCCCC[C@H](NC(=O)c2cc(I)c(NCCNC(=O)OC(C)(C)C)c(I)c2)C(=O)NCCCC[C@H](NC(=O)c2cc(I)c(NCCNC(=O)OC(C)(C)C)c(I)c2)C(=O)NCCNc2ccc([N+](=O)[O-])c3nonc23)cc1I. The average Bonchev–Trinajstić information content (AvgIpc) is 1.64. The highest BCUT2D eigenvalue weighted by atomic mass is 127. The number of benzene rings is 5.